The summed E-state index contributed by atoms with van der Waals surface area (Å²) in [5.41, 5.74) is 0.898. The molecule has 2 aliphatic rings. The van der Waals surface area contributed by atoms with Crippen LogP contribution in [0, 0.1) is 0 Å². The van der Waals surface area contributed by atoms with Crippen molar-refractivity contribution in [1.82, 2.24) is 20.1 Å². The van der Waals surface area contributed by atoms with E-state index in [0.717, 1.165) is 43.5 Å². The van der Waals surface area contributed by atoms with Gasteiger partial charge in [0.1, 0.15) is 5.82 Å². The Labute approximate surface area is 147 Å². The quantitative estimate of drug-likeness (QED) is 0.924. The molecule has 0 amide bonds. The molecule has 0 unspecified atom stereocenters. The molecule has 1 saturated heterocycles. The summed E-state index contributed by atoms with van der Waals surface area (Å²) < 4.78 is 7.79. The molecular formula is C18H23ClN4O. The third-order valence-electron chi connectivity index (χ3n) is 4.91. The monoisotopic (exact) mass is 346 g/mol. The zero-order valence-electron chi connectivity index (χ0n) is 13.7. The second kappa shape index (κ2) is 7.21. The minimum Gasteiger partial charge on any atom is -0.375 e. The minimum atomic E-state index is 0.139. The first-order valence-electron chi connectivity index (χ1n) is 8.84. The summed E-state index contributed by atoms with van der Waals surface area (Å²) in [5, 5.41) is 8.91. The van der Waals surface area contributed by atoms with E-state index in [9.17, 15) is 0 Å². The molecule has 1 saturated carbocycles. The molecule has 5 nitrogen and oxygen atoms in total. The number of nitrogens with zero attached hydrogens (tertiary/aromatic N) is 3. The number of rotatable bonds is 4. The molecule has 1 aliphatic carbocycles. The van der Waals surface area contributed by atoms with Gasteiger partial charge in [0.15, 0.2) is 5.82 Å². The number of halogens is 1. The van der Waals surface area contributed by atoms with Gasteiger partial charge in [0.25, 0.3) is 0 Å². The fraction of sp³-hybridized carbons (Fsp3) is 0.556. The van der Waals surface area contributed by atoms with E-state index in [4.69, 9.17) is 26.4 Å². The summed E-state index contributed by atoms with van der Waals surface area (Å²) >= 11 is 6.41. The molecule has 0 spiro atoms. The first-order chi connectivity index (χ1) is 11.8. The van der Waals surface area contributed by atoms with Gasteiger partial charge in [-0.1, -0.05) is 36.6 Å². The number of morpholine rings is 1. The number of hydrogen-bond acceptors (Lipinski definition) is 4. The van der Waals surface area contributed by atoms with Crippen LogP contribution >= 0.6 is 11.6 Å². The van der Waals surface area contributed by atoms with Crippen molar-refractivity contribution in [3.8, 4) is 5.69 Å². The lowest BCUT2D eigenvalue weighted by Gasteiger charge is -2.23. The van der Waals surface area contributed by atoms with Crippen LogP contribution < -0.4 is 5.32 Å². The second-order valence-corrected chi connectivity index (χ2v) is 7.04. The Kier molecular flexibility index (Phi) is 4.83. The molecule has 128 valence electrons. The van der Waals surface area contributed by atoms with Gasteiger partial charge in [-0.3, -0.25) is 0 Å². The van der Waals surface area contributed by atoms with Gasteiger partial charge >= 0.3 is 0 Å². The van der Waals surface area contributed by atoms with Gasteiger partial charge in [0.05, 0.1) is 23.4 Å². The van der Waals surface area contributed by atoms with Gasteiger partial charge in [-0.25, -0.2) is 9.67 Å². The van der Waals surface area contributed by atoms with Gasteiger partial charge in [-0.15, -0.1) is 0 Å². The number of para-hydroxylation sites is 1. The lowest BCUT2D eigenvalue weighted by molar-refractivity contribution is 0.0277. The fourth-order valence-corrected chi connectivity index (χ4v) is 3.84. The average molecular weight is 347 g/mol. The molecule has 0 radical (unpaired) electrons. The number of aromatic nitrogens is 3. The van der Waals surface area contributed by atoms with Crippen molar-refractivity contribution in [2.45, 2.75) is 44.1 Å². The van der Waals surface area contributed by atoms with Crippen LogP contribution in [0.2, 0.25) is 5.02 Å². The van der Waals surface area contributed by atoms with E-state index in [-0.39, 0.29) is 6.10 Å². The Morgan fingerprint density at radius 3 is 2.83 bits per heavy atom. The summed E-state index contributed by atoms with van der Waals surface area (Å²) in [6, 6.07) is 7.82. The van der Waals surface area contributed by atoms with Gasteiger partial charge in [-0.2, -0.15) is 5.10 Å². The molecule has 1 atom stereocenters. The molecular weight excluding hydrogens is 324 g/mol. The zero-order valence-corrected chi connectivity index (χ0v) is 14.5. The Balaban J connectivity index is 1.67. The minimum absolute atomic E-state index is 0.139. The van der Waals surface area contributed by atoms with Gasteiger partial charge in [0, 0.05) is 25.4 Å². The predicted octanol–water partition coefficient (Wildman–Crippen LogP) is 3.11. The highest BCUT2D eigenvalue weighted by Gasteiger charge is 2.25. The largest absolute Gasteiger partial charge is 0.375 e. The average Bonchev–Trinajstić information content (AvgIpc) is 3.26. The van der Waals surface area contributed by atoms with Crippen LogP contribution in [0.5, 0.6) is 0 Å². The topological polar surface area (TPSA) is 52.0 Å². The van der Waals surface area contributed by atoms with E-state index >= 15 is 0 Å². The maximum atomic E-state index is 6.41. The molecule has 1 aromatic heterocycles. The van der Waals surface area contributed by atoms with Crippen molar-refractivity contribution in [1.29, 1.82) is 0 Å². The zero-order chi connectivity index (χ0) is 16.4. The molecule has 0 bridgehead atoms. The van der Waals surface area contributed by atoms with Gasteiger partial charge in [0.2, 0.25) is 0 Å². The van der Waals surface area contributed by atoms with E-state index in [0.29, 0.717) is 10.9 Å². The van der Waals surface area contributed by atoms with Crippen molar-refractivity contribution >= 4 is 11.6 Å². The number of nitrogens with one attached hydrogen (secondary N) is 1. The molecule has 2 aromatic rings. The summed E-state index contributed by atoms with van der Waals surface area (Å²) in [6.07, 6.45) is 5.81. The first-order valence-corrected chi connectivity index (χ1v) is 9.22. The molecule has 1 N–H and O–H groups in total. The second-order valence-electron chi connectivity index (χ2n) is 6.63. The maximum absolute atomic E-state index is 6.41. The van der Waals surface area contributed by atoms with Crippen LogP contribution in [0.25, 0.3) is 5.69 Å². The predicted molar refractivity (Wildman–Crippen MR) is 93.9 cm³/mol. The summed E-state index contributed by atoms with van der Waals surface area (Å²) in [5.74, 6) is 2.39. The lowest BCUT2D eigenvalue weighted by Crippen LogP contribution is -2.40. The van der Waals surface area contributed by atoms with Crippen molar-refractivity contribution < 1.29 is 4.74 Å². The van der Waals surface area contributed by atoms with E-state index in [1.54, 1.807) is 0 Å². The Hall–Kier alpha value is -1.43. The van der Waals surface area contributed by atoms with E-state index in [1.165, 1.54) is 25.7 Å². The van der Waals surface area contributed by atoms with Crippen LogP contribution in [0.4, 0.5) is 0 Å². The van der Waals surface area contributed by atoms with Crippen LogP contribution in [-0.2, 0) is 11.2 Å². The lowest BCUT2D eigenvalue weighted by atomic mass is 10.1. The molecule has 1 aliphatic heterocycles. The molecule has 24 heavy (non-hydrogen) atoms. The summed E-state index contributed by atoms with van der Waals surface area (Å²) in [6.45, 7) is 2.52. The third-order valence-corrected chi connectivity index (χ3v) is 5.23. The van der Waals surface area contributed by atoms with Crippen molar-refractivity contribution in [2.24, 2.45) is 0 Å². The molecule has 2 fully saturated rings. The molecule has 2 heterocycles. The Morgan fingerprint density at radius 1 is 1.25 bits per heavy atom. The van der Waals surface area contributed by atoms with Crippen LogP contribution in [0.15, 0.2) is 24.3 Å². The maximum Gasteiger partial charge on any atom is 0.154 e. The SMILES string of the molecule is Clc1ccccc1-n1nc(C2CCCC2)nc1C[C@H]1CNCCO1. The van der Waals surface area contributed by atoms with Crippen molar-refractivity contribution in [3.05, 3.63) is 40.9 Å². The highest BCUT2D eigenvalue weighted by atomic mass is 35.5. The van der Waals surface area contributed by atoms with E-state index in [2.05, 4.69) is 5.32 Å². The number of ether oxygens (including phenoxy) is 1. The highest BCUT2D eigenvalue weighted by molar-refractivity contribution is 6.32. The smallest absolute Gasteiger partial charge is 0.154 e. The Bertz CT molecular complexity index is 690. The standard InChI is InChI=1S/C18H23ClN4O/c19-15-7-3-4-8-16(15)23-17(11-14-12-20-9-10-24-14)21-18(22-23)13-5-1-2-6-13/h3-4,7-8,13-14,20H,1-2,5-6,9-12H2/t14-/m0/s1. The molecule has 1 aromatic carbocycles. The highest BCUT2D eigenvalue weighted by Crippen LogP contribution is 2.33. The van der Waals surface area contributed by atoms with Crippen LogP contribution in [-0.4, -0.2) is 40.6 Å². The normalized spacial score (nSPS) is 22.1. The van der Waals surface area contributed by atoms with Gasteiger partial charge < -0.3 is 10.1 Å². The van der Waals surface area contributed by atoms with Crippen LogP contribution in [0.3, 0.4) is 0 Å². The summed E-state index contributed by atoms with van der Waals surface area (Å²) in [4.78, 5) is 4.89. The molecule has 4 rings (SSSR count). The summed E-state index contributed by atoms with van der Waals surface area (Å²) in [7, 11) is 0. The third kappa shape index (κ3) is 3.34. The number of benzene rings is 1. The number of hydrogen-bond donors (Lipinski definition) is 1. The van der Waals surface area contributed by atoms with Crippen molar-refractivity contribution in [3.63, 3.8) is 0 Å². The van der Waals surface area contributed by atoms with E-state index < -0.39 is 0 Å². The van der Waals surface area contributed by atoms with Gasteiger partial charge in [-0.05, 0) is 25.0 Å². The molecule has 6 heteroatoms. The Morgan fingerprint density at radius 2 is 2.08 bits per heavy atom. The fourth-order valence-electron chi connectivity index (χ4n) is 3.62. The van der Waals surface area contributed by atoms with Crippen LogP contribution in [0.1, 0.15) is 43.3 Å². The first kappa shape index (κ1) is 16.1. The van der Waals surface area contributed by atoms with E-state index in [1.807, 2.05) is 28.9 Å². The van der Waals surface area contributed by atoms with Crippen molar-refractivity contribution in [2.75, 3.05) is 19.7 Å².